The maximum Gasteiger partial charge on any atom is 0.417 e. The quantitative estimate of drug-likeness (QED) is 0.761. The molecular formula is C15H15ClF3NS. The third-order valence-electron chi connectivity index (χ3n) is 3.23. The van der Waals surface area contributed by atoms with Gasteiger partial charge in [-0.1, -0.05) is 31.5 Å². The van der Waals surface area contributed by atoms with E-state index in [9.17, 15) is 13.2 Å². The second-order valence-electron chi connectivity index (χ2n) is 5.16. The van der Waals surface area contributed by atoms with Crippen LogP contribution in [0.25, 0.3) is 10.4 Å². The molecule has 0 bridgehead atoms. The summed E-state index contributed by atoms with van der Waals surface area (Å²) < 4.78 is 38.6. The normalized spacial score (nSPS) is 13.7. The number of hydrogen-bond donors (Lipinski definition) is 1. The molecular weight excluding hydrogens is 319 g/mol. The first-order chi connectivity index (χ1) is 9.70. The summed E-state index contributed by atoms with van der Waals surface area (Å²) in [6.07, 6.45) is -4.46. The van der Waals surface area contributed by atoms with E-state index >= 15 is 0 Å². The van der Waals surface area contributed by atoms with Crippen molar-refractivity contribution in [2.24, 2.45) is 11.7 Å². The van der Waals surface area contributed by atoms with Crippen LogP contribution in [0.4, 0.5) is 13.2 Å². The second-order valence-corrected chi connectivity index (χ2v) is 6.69. The van der Waals surface area contributed by atoms with E-state index in [-0.39, 0.29) is 17.0 Å². The van der Waals surface area contributed by atoms with Crippen molar-refractivity contribution < 1.29 is 13.2 Å². The van der Waals surface area contributed by atoms with E-state index in [2.05, 4.69) is 0 Å². The number of benzene rings is 1. The lowest BCUT2D eigenvalue weighted by molar-refractivity contribution is -0.137. The summed E-state index contributed by atoms with van der Waals surface area (Å²) in [5.74, 6) is 0.271. The monoisotopic (exact) mass is 333 g/mol. The molecule has 0 aliphatic rings. The van der Waals surface area contributed by atoms with Gasteiger partial charge in [0.25, 0.3) is 0 Å². The molecule has 6 heteroatoms. The van der Waals surface area contributed by atoms with Crippen LogP contribution in [-0.2, 0) is 6.18 Å². The highest BCUT2D eigenvalue weighted by Gasteiger charge is 2.33. The lowest BCUT2D eigenvalue weighted by Gasteiger charge is -2.13. The Morgan fingerprint density at radius 3 is 2.38 bits per heavy atom. The molecule has 0 fully saturated rings. The SMILES string of the molecule is CC(C)C(N)c1ccc(-c2ccc(Cl)c(C(F)(F)F)c2)s1. The highest BCUT2D eigenvalue weighted by atomic mass is 35.5. The Bertz CT molecular complexity index is 634. The van der Waals surface area contributed by atoms with Gasteiger partial charge in [-0.3, -0.25) is 0 Å². The maximum absolute atomic E-state index is 12.9. The van der Waals surface area contributed by atoms with E-state index in [1.807, 2.05) is 19.9 Å². The summed E-state index contributed by atoms with van der Waals surface area (Å²) in [7, 11) is 0. The third kappa shape index (κ3) is 3.59. The fraction of sp³-hybridized carbons (Fsp3) is 0.333. The summed E-state index contributed by atoms with van der Waals surface area (Å²) in [5.41, 5.74) is 5.75. The number of nitrogens with two attached hydrogens (primary N) is 1. The molecule has 2 rings (SSSR count). The minimum atomic E-state index is -4.46. The molecule has 0 aliphatic carbocycles. The van der Waals surface area contributed by atoms with Crippen molar-refractivity contribution in [1.82, 2.24) is 0 Å². The van der Waals surface area contributed by atoms with E-state index in [1.165, 1.54) is 17.4 Å². The van der Waals surface area contributed by atoms with Crippen molar-refractivity contribution in [3.05, 3.63) is 45.8 Å². The Morgan fingerprint density at radius 1 is 1.14 bits per heavy atom. The van der Waals surface area contributed by atoms with Gasteiger partial charge in [-0.25, -0.2) is 0 Å². The van der Waals surface area contributed by atoms with Gasteiger partial charge < -0.3 is 5.73 Å². The van der Waals surface area contributed by atoms with Crippen LogP contribution in [0.5, 0.6) is 0 Å². The van der Waals surface area contributed by atoms with E-state index in [0.717, 1.165) is 15.8 Å². The molecule has 1 unspecified atom stereocenters. The zero-order chi connectivity index (χ0) is 15.8. The topological polar surface area (TPSA) is 26.0 Å². The standard InChI is InChI=1S/C15H15ClF3NS/c1-8(2)14(20)13-6-5-12(21-13)9-3-4-11(16)10(7-9)15(17,18)19/h3-8,14H,20H2,1-2H3. The van der Waals surface area contributed by atoms with Crippen LogP contribution in [0.15, 0.2) is 30.3 Å². The zero-order valence-electron chi connectivity index (χ0n) is 11.5. The maximum atomic E-state index is 12.9. The molecule has 2 aromatic rings. The van der Waals surface area contributed by atoms with Crippen molar-refractivity contribution in [2.45, 2.75) is 26.1 Å². The van der Waals surface area contributed by atoms with Crippen LogP contribution in [0.2, 0.25) is 5.02 Å². The Kier molecular flexibility index (Phi) is 4.66. The molecule has 0 saturated heterocycles. The Labute approximate surface area is 130 Å². The van der Waals surface area contributed by atoms with Gasteiger partial charge in [0, 0.05) is 15.8 Å². The van der Waals surface area contributed by atoms with Crippen LogP contribution in [0.1, 0.15) is 30.3 Å². The molecule has 0 radical (unpaired) electrons. The van der Waals surface area contributed by atoms with Crippen LogP contribution in [0, 0.1) is 5.92 Å². The predicted octanol–water partition coefficient (Wildman–Crippen LogP) is 5.74. The molecule has 114 valence electrons. The van der Waals surface area contributed by atoms with Crippen molar-refractivity contribution in [3.8, 4) is 10.4 Å². The molecule has 1 heterocycles. The van der Waals surface area contributed by atoms with E-state index in [1.54, 1.807) is 12.1 Å². The first kappa shape index (κ1) is 16.3. The Morgan fingerprint density at radius 2 is 1.81 bits per heavy atom. The number of alkyl halides is 3. The van der Waals surface area contributed by atoms with Crippen LogP contribution in [0.3, 0.4) is 0 Å². The first-order valence-corrected chi connectivity index (χ1v) is 7.62. The van der Waals surface area contributed by atoms with Gasteiger partial charge in [0.05, 0.1) is 10.6 Å². The summed E-state index contributed by atoms with van der Waals surface area (Å²) in [6, 6.07) is 7.50. The minimum Gasteiger partial charge on any atom is -0.323 e. The Hall–Kier alpha value is -1.04. The molecule has 0 saturated carbocycles. The average molecular weight is 334 g/mol. The van der Waals surface area contributed by atoms with Gasteiger partial charge in [-0.15, -0.1) is 11.3 Å². The summed E-state index contributed by atoms with van der Waals surface area (Å²) in [4.78, 5) is 1.71. The molecule has 1 atom stereocenters. The molecule has 2 N–H and O–H groups in total. The smallest absolute Gasteiger partial charge is 0.323 e. The van der Waals surface area contributed by atoms with E-state index in [4.69, 9.17) is 17.3 Å². The fourth-order valence-corrected chi connectivity index (χ4v) is 3.32. The molecule has 21 heavy (non-hydrogen) atoms. The number of thiophene rings is 1. The largest absolute Gasteiger partial charge is 0.417 e. The highest BCUT2D eigenvalue weighted by molar-refractivity contribution is 7.15. The van der Waals surface area contributed by atoms with Gasteiger partial charge in [0.15, 0.2) is 0 Å². The number of rotatable bonds is 3. The van der Waals surface area contributed by atoms with Crippen molar-refractivity contribution in [2.75, 3.05) is 0 Å². The van der Waals surface area contributed by atoms with Crippen molar-refractivity contribution in [1.29, 1.82) is 0 Å². The van der Waals surface area contributed by atoms with E-state index in [0.29, 0.717) is 5.56 Å². The van der Waals surface area contributed by atoms with Gasteiger partial charge in [-0.2, -0.15) is 13.2 Å². The highest BCUT2D eigenvalue weighted by Crippen LogP contribution is 2.39. The Balaban J connectivity index is 2.40. The molecule has 0 amide bonds. The summed E-state index contributed by atoms with van der Waals surface area (Å²) >= 11 is 7.04. The summed E-state index contributed by atoms with van der Waals surface area (Å²) in [5, 5.41) is -0.290. The van der Waals surface area contributed by atoms with Crippen LogP contribution >= 0.6 is 22.9 Å². The van der Waals surface area contributed by atoms with Crippen LogP contribution < -0.4 is 5.73 Å². The van der Waals surface area contributed by atoms with Gasteiger partial charge in [-0.05, 0) is 35.7 Å². The van der Waals surface area contributed by atoms with Gasteiger partial charge in [0.2, 0.25) is 0 Å². The molecule has 1 nitrogen and oxygen atoms in total. The second kappa shape index (κ2) is 5.99. The van der Waals surface area contributed by atoms with Gasteiger partial charge >= 0.3 is 6.18 Å². The number of hydrogen-bond acceptors (Lipinski definition) is 2. The lowest BCUT2D eigenvalue weighted by atomic mass is 10.0. The molecule has 1 aromatic heterocycles. The molecule has 1 aromatic carbocycles. The van der Waals surface area contributed by atoms with Gasteiger partial charge in [0.1, 0.15) is 0 Å². The lowest BCUT2D eigenvalue weighted by Crippen LogP contribution is -2.14. The van der Waals surface area contributed by atoms with Crippen molar-refractivity contribution >= 4 is 22.9 Å². The van der Waals surface area contributed by atoms with Crippen molar-refractivity contribution in [3.63, 3.8) is 0 Å². The summed E-state index contributed by atoms with van der Waals surface area (Å²) in [6.45, 7) is 4.02. The first-order valence-electron chi connectivity index (χ1n) is 6.42. The predicted molar refractivity (Wildman–Crippen MR) is 81.5 cm³/mol. The zero-order valence-corrected chi connectivity index (χ0v) is 13.1. The fourth-order valence-electron chi connectivity index (χ4n) is 1.91. The number of halogens is 4. The minimum absolute atomic E-state index is 0.113. The molecule has 0 spiro atoms. The third-order valence-corrected chi connectivity index (χ3v) is 4.80. The van der Waals surface area contributed by atoms with Crippen LogP contribution in [-0.4, -0.2) is 0 Å². The average Bonchev–Trinajstić information content (AvgIpc) is 2.86. The van der Waals surface area contributed by atoms with E-state index < -0.39 is 11.7 Å². The molecule has 0 aliphatic heterocycles.